The molecule has 0 spiro atoms. The van der Waals surface area contributed by atoms with Crippen LogP contribution in [0.15, 0.2) is 211 Å². The zero-order valence-corrected chi connectivity index (χ0v) is 31.0. The monoisotopic (exact) mass is 722 g/mol. The Kier molecular flexibility index (Phi) is 7.00. The van der Waals surface area contributed by atoms with Crippen molar-refractivity contribution in [3.63, 3.8) is 0 Å². The normalized spacial score (nSPS) is 11.9. The number of rotatable bonds is 4. The van der Waals surface area contributed by atoms with Crippen molar-refractivity contribution in [2.45, 2.75) is 0 Å². The number of furan rings is 1. The summed E-state index contributed by atoms with van der Waals surface area (Å²) in [4.78, 5) is 0. The average Bonchev–Trinajstić information content (AvgIpc) is 3.66. The lowest BCUT2D eigenvalue weighted by Gasteiger charge is -2.25. The summed E-state index contributed by atoms with van der Waals surface area (Å²) < 4.78 is 6.30. The first kappa shape index (κ1) is 31.8. The molecule has 1 heteroatoms. The number of hydrogen-bond acceptors (Lipinski definition) is 1. The van der Waals surface area contributed by atoms with Crippen LogP contribution in [-0.2, 0) is 0 Å². The lowest BCUT2D eigenvalue weighted by Crippen LogP contribution is -1.97. The van der Waals surface area contributed by atoms with Gasteiger partial charge in [-0.1, -0.05) is 182 Å². The number of hydrogen-bond donors (Lipinski definition) is 0. The van der Waals surface area contributed by atoms with E-state index in [0.29, 0.717) is 0 Å². The first-order valence-corrected chi connectivity index (χ1v) is 19.7. The van der Waals surface area contributed by atoms with E-state index in [-0.39, 0.29) is 0 Å². The van der Waals surface area contributed by atoms with Crippen LogP contribution in [0.2, 0.25) is 0 Å². The van der Waals surface area contributed by atoms with Crippen molar-refractivity contribution in [1.82, 2.24) is 0 Å². The Morgan fingerprint density at radius 2 is 0.684 bits per heavy atom. The van der Waals surface area contributed by atoms with Crippen LogP contribution in [0.3, 0.4) is 0 Å². The second kappa shape index (κ2) is 12.5. The number of fused-ring (bicyclic) bond motifs is 11. The van der Waals surface area contributed by atoms with Gasteiger partial charge in [0.15, 0.2) is 0 Å². The third-order valence-electron chi connectivity index (χ3n) is 12.0. The molecule has 0 N–H and O–H groups in total. The van der Waals surface area contributed by atoms with E-state index in [1.54, 1.807) is 0 Å². The van der Waals surface area contributed by atoms with E-state index < -0.39 is 0 Å². The third kappa shape index (κ3) is 4.76. The van der Waals surface area contributed by atoms with Crippen LogP contribution in [0.1, 0.15) is 0 Å². The molecule has 0 radical (unpaired) electrons. The first-order chi connectivity index (χ1) is 28.3. The molecular formula is C56H34O. The zero-order chi connectivity index (χ0) is 37.5. The van der Waals surface area contributed by atoms with Gasteiger partial charge in [-0.3, -0.25) is 0 Å². The van der Waals surface area contributed by atoms with Crippen molar-refractivity contribution < 1.29 is 4.42 Å². The van der Waals surface area contributed by atoms with Crippen LogP contribution in [-0.4, -0.2) is 0 Å². The fraction of sp³-hybridized carbons (Fsp3) is 0. The van der Waals surface area contributed by atoms with E-state index in [9.17, 15) is 0 Å². The molecule has 57 heavy (non-hydrogen) atoms. The molecule has 0 fully saturated rings. The van der Waals surface area contributed by atoms with E-state index in [2.05, 4.69) is 200 Å². The average molecular weight is 723 g/mol. The fourth-order valence-electron chi connectivity index (χ4n) is 9.65. The molecule has 11 aromatic carbocycles. The Labute approximate surface area is 329 Å². The molecule has 0 amide bonds. The van der Waals surface area contributed by atoms with Crippen molar-refractivity contribution in [2.24, 2.45) is 0 Å². The maximum absolute atomic E-state index is 6.30. The van der Waals surface area contributed by atoms with Gasteiger partial charge in [-0.25, -0.2) is 0 Å². The van der Waals surface area contributed by atoms with Crippen LogP contribution >= 0.6 is 0 Å². The minimum absolute atomic E-state index is 0.904. The van der Waals surface area contributed by atoms with Crippen LogP contribution in [0.5, 0.6) is 0 Å². The lowest BCUT2D eigenvalue weighted by molar-refractivity contribution is 0.669. The van der Waals surface area contributed by atoms with E-state index in [4.69, 9.17) is 4.42 Å². The zero-order valence-electron chi connectivity index (χ0n) is 31.0. The van der Waals surface area contributed by atoms with Crippen LogP contribution < -0.4 is 0 Å². The van der Waals surface area contributed by atoms with Crippen molar-refractivity contribution in [1.29, 1.82) is 0 Å². The minimum atomic E-state index is 0.904. The van der Waals surface area contributed by atoms with E-state index in [1.807, 2.05) is 6.07 Å². The molecule has 0 aliphatic heterocycles. The maximum Gasteiger partial charge on any atom is 0.135 e. The standard InChI is InChI=1S/C56H34O/c1-3-17-35(18-4-1)47-34-49-40-23-8-7-21-38(40)39-22-9-10-25-42(39)55(49)53(36-19-5-2-6-20-36)56(47)54-45-28-13-11-26-43(45)52(44-27-12-14-29-46(44)54)37-31-32-51-48(33-37)41-24-15-16-30-50(41)57-51/h1-34H. The van der Waals surface area contributed by atoms with Crippen LogP contribution in [0.25, 0.3) is 120 Å². The van der Waals surface area contributed by atoms with Crippen molar-refractivity contribution in [2.75, 3.05) is 0 Å². The smallest absolute Gasteiger partial charge is 0.135 e. The third-order valence-corrected chi connectivity index (χ3v) is 12.0. The summed E-state index contributed by atoms with van der Waals surface area (Å²) in [5.41, 5.74) is 11.6. The lowest BCUT2D eigenvalue weighted by atomic mass is 9.77. The van der Waals surface area contributed by atoms with E-state index >= 15 is 0 Å². The predicted molar refractivity (Wildman–Crippen MR) is 243 cm³/mol. The quantitative estimate of drug-likeness (QED) is 0.130. The van der Waals surface area contributed by atoms with Crippen LogP contribution in [0.4, 0.5) is 0 Å². The van der Waals surface area contributed by atoms with Crippen LogP contribution in [0, 0.1) is 0 Å². The molecule has 0 unspecified atom stereocenters. The number of benzene rings is 11. The Balaban J connectivity index is 1.31. The molecule has 1 heterocycles. The molecule has 12 rings (SSSR count). The van der Waals surface area contributed by atoms with Gasteiger partial charge >= 0.3 is 0 Å². The Morgan fingerprint density at radius 1 is 0.228 bits per heavy atom. The van der Waals surface area contributed by atoms with Crippen molar-refractivity contribution >= 4 is 75.8 Å². The molecule has 1 aromatic heterocycles. The Hall–Kier alpha value is -7.48. The predicted octanol–water partition coefficient (Wildman–Crippen LogP) is 16.0. The Bertz CT molecular complexity index is 3500. The largest absolute Gasteiger partial charge is 0.456 e. The molecular weight excluding hydrogens is 689 g/mol. The number of para-hydroxylation sites is 1. The topological polar surface area (TPSA) is 13.1 Å². The highest BCUT2D eigenvalue weighted by atomic mass is 16.3. The summed E-state index contributed by atoms with van der Waals surface area (Å²) in [5, 5.41) is 14.8. The second-order valence-corrected chi connectivity index (χ2v) is 15.1. The summed E-state index contributed by atoms with van der Waals surface area (Å²) in [6, 6.07) is 75.5. The van der Waals surface area contributed by atoms with Crippen molar-refractivity contribution in [3.8, 4) is 44.5 Å². The van der Waals surface area contributed by atoms with Gasteiger partial charge < -0.3 is 4.42 Å². The fourth-order valence-corrected chi connectivity index (χ4v) is 9.65. The van der Waals surface area contributed by atoms with E-state index in [1.165, 1.54) is 98.4 Å². The van der Waals surface area contributed by atoms with Gasteiger partial charge in [0.25, 0.3) is 0 Å². The molecule has 0 saturated heterocycles. The second-order valence-electron chi connectivity index (χ2n) is 15.1. The summed E-state index contributed by atoms with van der Waals surface area (Å²) in [7, 11) is 0. The molecule has 1 nitrogen and oxygen atoms in total. The molecule has 0 aliphatic carbocycles. The summed E-state index contributed by atoms with van der Waals surface area (Å²) in [6.45, 7) is 0. The van der Waals surface area contributed by atoms with Crippen molar-refractivity contribution in [3.05, 3.63) is 206 Å². The maximum atomic E-state index is 6.30. The van der Waals surface area contributed by atoms with Gasteiger partial charge in [-0.2, -0.15) is 0 Å². The molecule has 0 aliphatic rings. The highest BCUT2D eigenvalue weighted by molar-refractivity contribution is 6.33. The van der Waals surface area contributed by atoms with E-state index in [0.717, 1.165) is 21.9 Å². The highest BCUT2D eigenvalue weighted by Gasteiger charge is 2.26. The first-order valence-electron chi connectivity index (χ1n) is 19.7. The Morgan fingerprint density at radius 3 is 1.32 bits per heavy atom. The SMILES string of the molecule is c1ccc(-c2cc3c4ccccc4c4ccccc4c3c(-c3ccccc3)c2-c2c3ccccc3c(-c3ccc4oc5ccccc5c4c3)c3ccccc23)cc1. The minimum Gasteiger partial charge on any atom is -0.456 e. The summed E-state index contributed by atoms with van der Waals surface area (Å²) in [6.07, 6.45) is 0. The summed E-state index contributed by atoms with van der Waals surface area (Å²) >= 11 is 0. The molecule has 264 valence electrons. The van der Waals surface area contributed by atoms with Gasteiger partial charge in [-0.15, -0.1) is 0 Å². The van der Waals surface area contributed by atoms with Gasteiger partial charge in [0.1, 0.15) is 11.2 Å². The molecule has 0 saturated carbocycles. The van der Waals surface area contributed by atoms with Gasteiger partial charge in [0.05, 0.1) is 0 Å². The molecule has 0 atom stereocenters. The van der Waals surface area contributed by atoms with Gasteiger partial charge in [-0.05, 0) is 123 Å². The molecule has 12 aromatic rings. The van der Waals surface area contributed by atoms with Gasteiger partial charge in [0, 0.05) is 10.8 Å². The summed E-state index contributed by atoms with van der Waals surface area (Å²) in [5.74, 6) is 0. The highest BCUT2D eigenvalue weighted by Crippen LogP contribution is 2.53. The molecule has 0 bridgehead atoms. The van der Waals surface area contributed by atoms with Gasteiger partial charge in [0.2, 0.25) is 0 Å².